The number of anilines is 1. The normalized spacial score (nSPS) is 38.2. The molecule has 6 rings (SSSR count). The Kier molecular flexibility index (Phi) is 8.24. The van der Waals surface area contributed by atoms with Crippen molar-refractivity contribution in [1.29, 1.82) is 0 Å². The molecule has 2 saturated heterocycles. The Morgan fingerprint density at radius 2 is 2.00 bits per heavy atom. The molecule has 19 heteroatoms. The summed E-state index contributed by atoms with van der Waals surface area (Å²) in [6, 6.07) is 3.80. The van der Waals surface area contributed by atoms with Gasteiger partial charge in [0.15, 0.2) is 23.9 Å². The zero-order valence-electron chi connectivity index (χ0n) is 21.4. The Balaban J connectivity index is 1.24. The summed E-state index contributed by atoms with van der Waals surface area (Å²) in [6.45, 7) is -7.97. The Morgan fingerprint density at radius 3 is 2.80 bits per heavy atom. The molecular weight excluding hydrogens is 619 g/mol. The highest BCUT2D eigenvalue weighted by Gasteiger charge is 2.51. The second kappa shape index (κ2) is 11.5. The van der Waals surface area contributed by atoms with Gasteiger partial charge in [0.05, 0.1) is 31.8 Å². The first kappa shape index (κ1) is 29.5. The van der Waals surface area contributed by atoms with Gasteiger partial charge in [0.1, 0.15) is 24.1 Å². The molecule has 0 amide bonds. The first-order valence-electron chi connectivity index (χ1n) is 12.7. The molecule has 5 heterocycles. The molecule has 3 aromatic rings. The molecule has 0 spiro atoms. The van der Waals surface area contributed by atoms with Crippen molar-refractivity contribution in [1.82, 2.24) is 24.5 Å². The second-order valence-corrected chi connectivity index (χ2v) is 15.8. The highest BCUT2D eigenvalue weighted by molar-refractivity contribution is 8.44. The highest BCUT2D eigenvalue weighted by atomic mass is 32.7. The number of fused-ring (bicyclic) bond motifs is 3. The molecule has 0 radical (unpaired) electrons. The highest BCUT2D eigenvalue weighted by Crippen LogP contribution is 2.58. The molecule has 0 aromatic carbocycles. The van der Waals surface area contributed by atoms with Crippen LogP contribution in [0.2, 0.25) is 0 Å². The largest absolute Gasteiger partial charge is 0.386 e. The lowest BCUT2D eigenvalue weighted by molar-refractivity contribution is -0.0412. The molecule has 3 fully saturated rings. The molecule has 2 unspecified atom stereocenters. The standard InChI is InChI=1S/C22H28FN7O7P2S2/c23-17-19-16(36-22(17)30-10-29-18-20(25)27-9-28-21(18)30)8-35-38(31,40)34-7-15-12(6-33-39(32,41)37-19)4-14(15)11-1-2-26-13(3-11)5-24/h1-3,9-10,12,14-17,19,22H,4-8,24H2,(H,31,40)(H,32,41)(H2,25,27,28)/t12-,14+,15-,16-,17+,19-,22-,38?,39?/m1/s1. The summed E-state index contributed by atoms with van der Waals surface area (Å²) in [4.78, 5) is 27.3. The number of halogens is 1. The smallest absolute Gasteiger partial charge is 0.382 e. The zero-order valence-corrected chi connectivity index (χ0v) is 24.9. The number of hydrogen-bond donors (Lipinski definition) is 4. The third-order valence-corrected chi connectivity index (χ3v) is 10.8. The molecule has 9 atom stereocenters. The number of alkyl halides is 1. The molecule has 41 heavy (non-hydrogen) atoms. The predicted octanol–water partition coefficient (Wildman–Crippen LogP) is 2.62. The molecular formula is C22H28FN7O7P2S2. The van der Waals surface area contributed by atoms with E-state index in [2.05, 4.69) is 32.2 Å². The van der Waals surface area contributed by atoms with Crippen molar-refractivity contribution in [2.24, 2.45) is 17.6 Å². The summed E-state index contributed by atoms with van der Waals surface area (Å²) >= 11 is 9.40. The minimum absolute atomic E-state index is 0.0197. The van der Waals surface area contributed by atoms with Crippen LogP contribution in [-0.4, -0.2) is 67.6 Å². The van der Waals surface area contributed by atoms with Crippen molar-refractivity contribution < 1.29 is 36.7 Å². The van der Waals surface area contributed by atoms with E-state index in [9.17, 15) is 9.46 Å². The summed E-state index contributed by atoms with van der Waals surface area (Å²) in [7, 11) is 0. The summed E-state index contributed by atoms with van der Waals surface area (Å²) < 4.78 is 58.9. The van der Waals surface area contributed by atoms with Gasteiger partial charge >= 0.3 is 13.5 Å². The summed E-state index contributed by atoms with van der Waals surface area (Å²) in [5.41, 5.74) is 13.8. The van der Waals surface area contributed by atoms with Crippen molar-refractivity contribution in [3.05, 3.63) is 42.2 Å². The van der Waals surface area contributed by atoms with E-state index in [1.807, 2.05) is 12.1 Å². The van der Waals surface area contributed by atoms with Crippen molar-refractivity contribution in [2.75, 3.05) is 25.6 Å². The molecule has 1 saturated carbocycles. The van der Waals surface area contributed by atoms with E-state index in [4.69, 9.17) is 46.1 Å². The van der Waals surface area contributed by atoms with Crippen LogP contribution in [0.4, 0.5) is 10.2 Å². The van der Waals surface area contributed by atoms with E-state index in [1.165, 1.54) is 17.2 Å². The van der Waals surface area contributed by atoms with Gasteiger partial charge in [-0.25, -0.2) is 23.9 Å². The lowest BCUT2D eigenvalue weighted by Gasteiger charge is -2.45. The molecule has 3 aromatic heterocycles. The maximum atomic E-state index is 16.0. The average Bonchev–Trinajstić information content (AvgIpc) is 3.48. The van der Waals surface area contributed by atoms with Gasteiger partial charge in [0.25, 0.3) is 0 Å². The number of imidazole rings is 1. The quantitative estimate of drug-likeness (QED) is 0.240. The Morgan fingerprint density at radius 1 is 1.20 bits per heavy atom. The van der Waals surface area contributed by atoms with Crippen LogP contribution in [0.1, 0.15) is 29.8 Å². The van der Waals surface area contributed by atoms with Crippen LogP contribution in [0.3, 0.4) is 0 Å². The number of ether oxygens (including phenoxy) is 1. The summed E-state index contributed by atoms with van der Waals surface area (Å²) in [5.74, 6) is -0.166. The Labute approximate surface area is 244 Å². The fourth-order valence-electron chi connectivity index (χ4n) is 5.47. The van der Waals surface area contributed by atoms with Gasteiger partial charge in [0, 0.05) is 12.7 Å². The first-order chi connectivity index (χ1) is 19.5. The number of nitrogens with two attached hydrogens (primary N) is 2. The van der Waals surface area contributed by atoms with Crippen LogP contribution in [-0.2, 0) is 45.7 Å². The number of hydrogen-bond acceptors (Lipinski definition) is 13. The number of aromatic nitrogens is 5. The molecule has 2 aliphatic heterocycles. The van der Waals surface area contributed by atoms with E-state index in [-0.39, 0.29) is 47.9 Å². The SMILES string of the molecule is NCc1cc([C@@H]2C[C@@H]3COP(O)(=S)O[C@H]4[C@H](F)[C@H](n5cnc6c(N)ncnc65)O[C@@H]4COP(=O)(S)OC[C@H]32)ccn1. The van der Waals surface area contributed by atoms with E-state index >= 15 is 4.39 Å². The van der Waals surface area contributed by atoms with Gasteiger partial charge in [0.2, 0.25) is 0 Å². The summed E-state index contributed by atoms with van der Waals surface area (Å²) in [5, 5.41) is 0. The van der Waals surface area contributed by atoms with Crippen molar-refractivity contribution >= 4 is 54.6 Å². The summed E-state index contributed by atoms with van der Waals surface area (Å²) in [6.07, 6.45) is -0.957. The average molecular weight is 648 g/mol. The minimum Gasteiger partial charge on any atom is -0.382 e. The minimum atomic E-state index is -3.95. The number of rotatable bonds is 3. The van der Waals surface area contributed by atoms with Gasteiger partial charge < -0.3 is 30.1 Å². The third-order valence-electron chi connectivity index (χ3n) is 7.62. The Bertz CT molecular complexity index is 1540. The number of thiol groups is 1. The molecule has 3 aliphatic rings. The van der Waals surface area contributed by atoms with Gasteiger partial charge in [-0.1, -0.05) is 12.2 Å². The van der Waals surface area contributed by atoms with E-state index in [0.717, 1.165) is 11.3 Å². The maximum Gasteiger partial charge on any atom is 0.386 e. The van der Waals surface area contributed by atoms with Crippen LogP contribution in [0.25, 0.3) is 11.2 Å². The topological polar surface area (TPSA) is 192 Å². The van der Waals surface area contributed by atoms with Crippen LogP contribution >= 0.6 is 25.8 Å². The van der Waals surface area contributed by atoms with Gasteiger partial charge in [-0.05, 0) is 53.7 Å². The van der Waals surface area contributed by atoms with E-state index in [1.54, 1.807) is 6.20 Å². The Hall–Kier alpha value is -1.62. The van der Waals surface area contributed by atoms with Gasteiger partial charge in [-0.3, -0.25) is 18.6 Å². The molecule has 5 N–H and O–H groups in total. The molecule has 1 aliphatic carbocycles. The van der Waals surface area contributed by atoms with Crippen LogP contribution < -0.4 is 11.5 Å². The number of pyridine rings is 1. The zero-order chi connectivity index (χ0) is 28.9. The fraction of sp³-hybridized carbons (Fsp3) is 0.545. The third kappa shape index (κ3) is 5.95. The van der Waals surface area contributed by atoms with Crippen molar-refractivity contribution in [2.45, 2.75) is 43.5 Å². The van der Waals surface area contributed by atoms with Crippen LogP contribution in [0.5, 0.6) is 0 Å². The lowest BCUT2D eigenvalue weighted by Crippen LogP contribution is -2.40. The molecule has 222 valence electrons. The molecule has 14 nitrogen and oxygen atoms in total. The second-order valence-electron chi connectivity index (χ2n) is 10.0. The molecule has 0 bridgehead atoms. The van der Waals surface area contributed by atoms with Crippen LogP contribution in [0.15, 0.2) is 31.0 Å². The predicted molar refractivity (Wildman–Crippen MR) is 151 cm³/mol. The van der Waals surface area contributed by atoms with Crippen LogP contribution in [0, 0.1) is 11.8 Å². The van der Waals surface area contributed by atoms with Gasteiger partial charge in [-0.15, -0.1) is 0 Å². The van der Waals surface area contributed by atoms with Crippen molar-refractivity contribution in [3.8, 4) is 0 Å². The van der Waals surface area contributed by atoms with E-state index in [0.29, 0.717) is 13.0 Å². The number of nitrogens with zero attached hydrogens (tertiary/aromatic N) is 5. The number of nitrogen functional groups attached to an aromatic ring is 1. The maximum absolute atomic E-state index is 16.0. The van der Waals surface area contributed by atoms with E-state index < -0.39 is 44.7 Å². The van der Waals surface area contributed by atoms with Crippen molar-refractivity contribution in [3.63, 3.8) is 0 Å². The lowest BCUT2D eigenvalue weighted by atomic mass is 9.63. The first-order valence-corrected chi connectivity index (χ1v) is 18.0. The fourth-order valence-corrected chi connectivity index (χ4v) is 8.12. The van der Waals surface area contributed by atoms with Gasteiger partial charge in [-0.2, -0.15) is 0 Å². The monoisotopic (exact) mass is 647 g/mol.